The monoisotopic (exact) mass is 276 g/mol. The number of aromatic carboxylic acids is 1. The zero-order valence-corrected chi connectivity index (χ0v) is 11.0. The molecule has 2 aromatic rings. The van der Waals surface area contributed by atoms with Crippen molar-refractivity contribution in [1.29, 1.82) is 0 Å². The Morgan fingerprint density at radius 2 is 2.05 bits per heavy atom. The van der Waals surface area contributed by atoms with E-state index in [0.717, 1.165) is 24.1 Å². The summed E-state index contributed by atoms with van der Waals surface area (Å²) in [6.45, 7) is 0.580. The van der Waals surface area contributed by atoms with Gasteiger partial charge in [0.2, 0.25) is 0 Å². The second-order valence-electron chi connectivity index (χ2n) is 4.81. The molecule has 1 saturated carbocycles. The molecule has 1 aromatic carbocycles. The molecule has 0 amide bonds. The normalized spacial score (nSPS) is 14.6. The zero-order chi connectivity index (χ0) is 13.4. The molecule has 1 aromatic heterocycles. The molecule has 0 saturated heterocycles. The van der Waals surface area contributed by atoms with Crippen LogP contribution in [0.3, 0.4) is 0 Å². The van der Waals surface area contributed by atoms with Crippen LogP contribution < -0.4 is 0 Å². The largest absolute Gasteiger partial charge is 0.478 e. The molecule has 1 heterocycles. The van der Waals surface area contributed by atoms with Crippen LogP contribution in [0, 0.1) is 0 Å². The van der Waals surface area contributed by atoms with Crippen LogP contribution in [-0.2, 0) is 6.54 Å². The summed E-state index contributed by atoms with van der Waals surface area (Å²) < 4.78 is 1.80. The standard InChI is InChI=1S/C14H13ClN2O2/c15-11-5-1-9(2-6-11)8-17-13(10-3-4-10)12(7-16-17)14(18)19/h1-2,5-7,10H,3-4,8H2,(H,18,19). The summed E-state index contributed by atoms with van der Waals surface area (Å²) in [5, 5.41) is 14.1. The van der Waals surface area contributed by atoms with Crippen LogP contribution in [0.25, 0.3) is 0 Å². The number of nitrogens with zero attached hydrogens (tertiary/aromatic N) is 2. The summed E-state index contributed by atoms with van der Waals surface area (Å²) in [4.78, 5) is 11.2. The first-order valence-electron chi connectivity index (χ1n) is 6.18. The van der Waals surface area contributed by atoms with Crippen LogP contribution in [0.4, 0.5) is 0 Å². The molecule has 0 radical (unpaired) electrons. The molecule has 0 spiro atoms. The quantitative estimate of drug-likeness (QED) is 0.933. The average molecular weight is 277 g/mol. The van der Waals surface area contributed by atoms with Gasteiger partial charge in [0, 0.05) is 10.9 Å². The highest BCUT2D eigenvalue weighted by Gasteiger charge is 2.32. The van der Waals surface area contributed by atoms with Crippen LogP contribution in [0.1, 0.15) is 40.4 Å². The van der Waals surface area contributed by atoms with Gasteiger partial charge in [0.15, 0.2) is 0 Å². The number of carboxylic acids is 1. The Labute approximate surface area is 115 Å². The Kier molecular flexibility index (Phi) is 3.03. The first kappa shape index (κ1) is 12.2. The van der Waals surface area contributed by atoms with Crippen LogP contribution in [0.15, 0.2) is 30.5 Å². The third kappa shape index (κ3) is 2.49. The Hall–Kier alpha value is -1.81. The fourth-order valence-electron chi connectivity index (χ4n) is 2.24. The maximum absolute atomic E-state index is 11.2. The van der Waals surface area contributed by atoms with Gasteiger partial charge in [-0.25, -0.2) is 4.79 Å². The van der Waals surface area contributed by atoms with Gasteiger partial charge in [-0.05, 0) is 30.5 Å². The van der Waals surface area contributed by atoms with Gasteiger partial charge in [0.25, 0.3) is 0 Å². The van der Waals surface area contributed by atoms with Gasteiger partial charge in [0.1, 0.15) is 5.56 Å². The first-order valence-corrected chi connectivity index (χ1v) is 6.56. The van der Waals surface area contributed by atoms with Gasteiger partial charge in [-0.2, -0.15) is 5.10 Å². The summed E-state index contributed by atoms with van der Waals surface area (Å²) in [7, 11) is 0. The van der Waals surface area contributed by atoms with Crippen LogP contribution in [0.2, 0.25) is 5.02 Å². The van der Waals surface area contributed by atoms with Gasteiger partial charge in [-0.1, -0.05) is 23.7 Å². The van der Waals surface area contributed by atoms with Crippen molar-refractivity contribution in [2.45, 2.75) is 25.3 Å². The molecule has 98 valence electrons. The maximum atomic E-state index is 11.2. The third-order valence-corrected chi connectivity index (χ3v) is 3.57. The van der Waals surface area contributed by atoms with E-state index in [1.807, 2.05) is 24.3 Å². The Balaban J connectivity index is 1.92. The predicted molar refractivity (Wildman–Crippen MR) is 71.7 cm³/mol. The lowest BCUT2D eigenvalue weighted by molar-refractivity contribution is 0.0695. The Morgan fingerprint density at radius 1 is 1.37 bits per heavy atom. The van der Waals surface area contributed by atoms with Crippen molar-refractivity contribution in [2.24, 2.45) is 0 Å². The van der Waals surface area contributed by atoms with E-state index in [9.17, 15) is 9.90 Å². The Bertz CT molecular complexity index is 615. The highest BCUT2D eigenvalue weighted by molar-refractivity contribution is 6.30. The number of aromatic nitrogens is 2. The number of hydrogen-bond acceptors (Lipinski definition) is 2. The summed E-state index contributed by atoms with van der Waals surface area (Å²) in [6.07, 6.45) is 3.55. The van der Waals surface area contributed by atoms with Crippen molar-refractivity contribution in [2.75, 3.05) is 0 Å². The van der Waals surface area contributed by atoms with E-state index in [1.54, 1.807) is 4.68 Å². The molecular weight excluding hydrogens is 264 g/mol. The first-order chi connectivity index (χ1) is 9.15. The fraction of sp³-hybridized carbons (Fsp3) is 0.286. The van der Waals surface area contributed by atoms with Crippen molar-refractivity contribution < 1.29 is 9.90 Å². The van der Waals surface area contributed by atoms with Crippen molar-refractivity contribution in [3.8, 4) is 0 Å². The summed E-state index contributed by atoms with van der Waals surface area (Å²) in [6, 6.07) is 7.52. The van der Waals surface area contributed by atoms with E-state index < -0.39 is 5.97 Å². The van der Waals surface area contributed by atoms with Crippen molar-refractivity contribution in [1.82, 2.24) is 9.78 Å². The lowest BCUT2D eigenvalue weighted by Gasteiger charge is -2.08. The lowest BCUT2D eigenvalue weighted by atomic mass is 10.1. The van der Waals surface area contributed by atoms with E-state index >= 15 is 0 Å². The van der Waals surface area contributed by atoms with Gasteiger partial charge in [-0.3, -0.25) is 4.68 Å². The van der Waals surface area contributed by atoms with E-state index in [2.05, 4.69) is 5.10 Å². The molecule has 1 N–H and O–H groups in total. The topological polar surface area (TPSA) is 55.1 Å². The molecule has 19 heavy (non-hydrogen) atoms. The fourth-order valence-corrected chi connectivity index (χ4v) is 2.36. The number of carbonyl (C=O) groups is 1. The van der Waals surface area contributed by atoms with Crippen LogP contribution >= 0.6 is 11.6 Å². The van der Waals surface area contributed by atoms with Crippen molar-refractivity contribution >= 4 is 17.6 Å². The smallest absolute Gasteiger partial charge is 0.339 e. The van der Waals surface area contributed by atoms with Crippen molar-refractivity contribution in [3.05, 3.63) is 52.3 Å². The van der Waals surface area contributed by atoms with Gasteiger partial charge in [-0.15, -0.1) is 0 Å². The molecule has 1 aliphatic rings. The molecule has 1 aliphatic carbocycles. The molecule has 0 atom stereocenters. The van der Waals surface area contributed by atoms with Crippen LogP contribution in [0.5, 0.6) is 0 Å². The van der Waals surface area contributed by atoms with E-state index in [4.69, 9.17) is 11.6 Å². The second kappa shape index (κ2) is 4.70. The highest BCUT2D eigenvalue weighted by atomic mass is 35.5. The molecule has 0 unspecified atom stereocenters. The number of hydrogen-bond donors (Lipinski definition) is 1. The number of halogens is 1. The van der Waals surface area contributed by atoms with Crippen molar-refractivity contribution in [3.63, 3.8) is 0 Å². The van der Waals surface area contributed by atoms with Crippen LogP contribution in [-0.4, -0.2) is 20.9 Å². The SMILES string of the molecule is O=C(O)c1cnn(Cc2ccc(Cl)cc2)c1C1CC1. The summed E-state index contributed by atoms with van der Waals surface area (Å²) >= 11 is 5.85. The highest BCUT2D eigenvalue weighted by Crippen LogP contribution is 2.41. The third-order valence-electron chi connectivity index (χ3n) is 3.32. The lowest BCUT2D eigenvalue weighted by Crippen LogP contribution is -2.08. The van der Waals surface area contributed by atoms with E-state index in [-0.39, 0.29) is 0 Å². The summed E-state index contributed by atoms with van der Waals surface area (Å²) in [5.41, 5.74) is 2.24. The summed E-state index contributed by atoms with van der Waals surface area (Å²) in [5.74, 6) is -0.551. The zero-order valence-electron chi connectivity index (χ0n) is 10.2. The molecule has 3 rings (SSSR count). The molecule has 1 fully saturated rings. The second-order valence-corrected chi connectivity index (χ2v) is 5.24. The minimum atomic E-state index is -0.899. The Morgan fingerprint density at radius 3 is 2.63 bits per heavy atom. The van der Waals surface area contributed by atoms with E-state index in [1.165, 1.54) is 6.20 Å². The number of rotatable bonds is 4. The molecule has 0 aliphatic heterocycles. The minimum absolute atomic E-state index is 0.330. The van der Waals surface area contributed by atoms with Gasteiger partial charge in [0.05, 0.1) is 18.4 Å². The average Bonchev–Trinajstić information content (AvgIpc) is 3.13. The molecular formula is C14H13ClN2O2. The minimum Gasteiger partial charge on any atom is -0.478 e. The molecule has 0 bridgehead atoms. The number of carboxylic acid groups (broad SMARTS) is 1. The maximum Gasteiger partial charge on any atom is 0.339 e. The molecule has 5 heteroatoms. The van der Waals surface area contributed by atoms with Gasteiger partial charge >= 0.3 is 5.97 Å². The van der Waals surface area contributed by atoms with Gasteiger partial charge < -0.3 is 5.11 Å². The predicted octanol–water partition coefficient (Wildman–Crippen LogP) is 3.16. The number of benzene rings is 1. The molecule has 4 nitrogen and oxygen atoms in total. The van der Waals surface area contributed by atoms with E-state index in [0.29, 0.717) is 23.0 Å².